The molecule has 28 heavy (non-hydrogen) atoms. The average Bonchev–Trinajstić information content (AvgIpc) is 3.43. The van der Waals surface area contributed by atoms with Crippen LogP contribution in [0.1, 0.15) is 51.5 Å². The van der Waals surface area contributed by atoms with Crippen LogP contribution in [0.4, 0.5) is 0 Å². The quantitative estimate of drug-likeness (QED) is 0.749. The number of ketones is 1. The highest BCUT2D eigenvalue weighted by atomic mass is 32.1. The van der Waals surface area contributed by atoms with Gasteiger partial charge in [-0.05, 0) is 18.6 Å². The molecular weight excluding hydrogens is 376 g/mol. The van der Waals surface area contributed by atoms with Crippen LogP contribution in [0.2, 0.25) is 0 Å². The predicted molar refractivity (Wildman–Crippen MR) is 103 cm³/mol. The number of nitrogens with zero attached hydrogens (tertiary/aromatic N) is 2. The van der Waals surface area contributed by atoms with Gasteiger partial charge in [-0.15, -0.1) is 11.3 Å². The van der Waals surface area contributed by atoms with Gasteiger partial charge in [0.2, 0.25) is 5.91 Å². The number of hydrogen-bond donors (Lipinski definition) is 0. The summed E-state index contributed by atoms with van der Waals surface area (Å²) in [5.74, 6) is -0.142. The lowest BCUT2D eigenvalue weighted by atomic mass is 10.1. The maximum absolute atomic E-state index is 13.1. The van der Waals surface area contributed by atoms with Crippen molar-refractivity contribution in [2.24, 2.45) is 0 Å². The van der Waals surface area contributed by atoms with Crippen molar-refractivity contribution in [3.63, 3.8) is 0 Å². The normalized spacial score (nSPS) is 28.5. The molecule has 1 spiro atoms. The number of likely N-dealkylation sites (tertiary alicyclic amines) is 1. The molecule has 144 valence electrons. The molecule has 0 saturated carbocycles. The van der Waals surface area contributed by atoms with E-state index < -0.39 is 5.72 Å². The maximum atomic E-state index is 13.1. The second-order valence-electron chi connectivity index (χ2n) is 7.59. The standard InChI is InChI=1S/C21H20N2O4S/c1-13(24)17-9-15(12-28-17)20(26)22-8-7-21-18(22)10-19(25)23(21)11-16(27-21)14-5-3-2-4-6-14/h2-6,9,12,16,18H,7-8,10-11H2,1H3/t16-,18+,21-/m0/s1. The molecule has 3 saturated heterocycles. The van der Waals surface area contributed by atoms with Crippen LogP contribution in [0.3, 0.4) is 0 Å². The molecule has 0 bridgehead atoms. The number of Topliss-reactive ketones (excluding diaryl/α,β-unsaturated/α-hetero) is 1. The molecule has 3 atom stereocenters. The zero-order valence-corrected chi connectivity index (χ0v) is 16.3. The van der Waals surface area contributed by atoms with E-state index in [1.165, 1.54) is 18.3 Å². The second kappa shape index (κ2) is 6.25. The third kappa shape index (κ3) is 2.46. The van der Waals surface area contributed by atoms with Gasteiger partial charge >= 0.3 is 0 Å². The molecule has 1 aromatic carbocycles. The minimum Gasteiger partial charge on any atom is -0.343 e. The molecule has 3 aliphatic heterocycles. The van der Waals surface area contributed by atoms with Crippen molar-refractivity contribution in [2.45, 2.75) is 37.6 Å². The highest BCUT2D eigenvalue weighted by molar-refractivity contribution is 7.12. The summed E-state index contributed by atoms with van der Waals surface area (Å²) in [5.41, 5.74) is 0.828. The lowest BCUT2D eigenvalue weighted by Crippen LogP contribution is -2.48. The summed E-state index contributed by atoms with van der Waals surface area (Å²) >= 11 is 1.28. The van der Waals surface area contributed by atoms with Crippen LogP contribution in [-0.2, 0) is 9.53 Å². The summed E-state index contributed by atoms with van der Waals surface area (Å²) < 4.78 is 6.47. The fourth-order valence-corrected chi connectivity index (χ4v) is 5.49. The molecule has 0 radical (unpaired) electrons. The Morgan fingerprint density at radius 2 is 2.04 bits per heavy atom. The maximum Gasteiger partial charge on any atom is 0.255 e. The molecule has 7 heteroatoms. The summed E-state index contributed by atoms with van der Waals surface area (Å²) in [4.78, 5) is 41.5. The summed E-state index contributed by atoms with van der Waals surface area (Å²) in [6.45, 7) is 2.56. The Balaban J connectivity index is 1.42. The molecule has 3 aliphatic rings. The number of thiophene rings is 1. The number of carbonyl (C=O) groups is 3. The Labute approximate surface area is 166 Å². The first kappa shape index (κ1) is 17.6. The molecule has 5 rings (SSSR count). The number of benzene rings is 1. The molecular formula is C21H20N2O4S. The van der Waals surface area contributed by atoms with Gasteiger partial charge in [0, 0.05) is 18.3 Å². The van der Waals surface area contributed by atoms with Gasteiger partial charge in [0.05, 0.1) is 29.4 Å². The van der Waals surface area contributed by atoms with Gasteiger partial charge in [0.15, 0.2) is 11.5 Å². The van der Waals surface area contributed by atoms with E-state index in [1.807, 2.05) is 35.2 Å². The number of ether oxygens (including phenoxy) is 1. The van der Waals surface area contributed by atoms with Gasteiger partial charge in [-0.25, -0.2) is 0 Å². The van der Waals surface area contributed by atoms with Crippen molar-refractivity contribution in [3.05, 3.63) is 57.8 Å². The molecule has 2 aromatic rings. The van der Waals surface area contributed by atoms with Crippen LogP contribution in [0.5, 0.6) is 0 Å². The molecule has 1 aromatic heterocycles. The minimum absolute atomic E-state index is 0.0377. The second-order valence-corrected chi connectivity index (χ2v) is 8.50. The van der Waals surface area contributed by atoms with Gasteiger partial charge in [0.25, 0.3) is 5.91 Å². The van der Waals surface area contributed by atoms with Crippen molar-refractivity contribution in [1.82, 2.24) is 9.80 Å². The molecule has 6 nitrogen and oxygen atoms in total. The van der Waals surface area contributed by atoms with Crippen LogP contribution < -0.4 is 0 Å². The van der Waals surface area contributed by atoms with Gasteiger partial charge in [-0.1, -0.05) is 30.3 Å². The largest absolute Gasteiger partial charge is 0.343 e. The molecule has 2 amide bonds. The van der Waals surface area contributed by atoms with E-state index in [9.17, 15) is 14.4 Å². The van der Waals surface area contributed by atoms with E-state index in [0.29, 0.717) is 30.0 Å². The zero-order valence-electron chi connectivity index (χ0n) is 15.5. The lowest BCUT2D eigenvalue weighted by molar-refractivity contribution is -0.138. The molecule has 0 unspecified atom stereocenters. The van der Waals surface area contributed by atoms with Crippen LogP contribution in [0, 0.1) is 0 Å². The topological polar surface area (TPSA) is 66.9 Å². The first-order chi connectivity index (χ1) is 13.5. The van der Waals surface area contributed by atoms with Gasteiger partial charge < -0.3 is 14.5 Å². The van der Waals surface area contributed by atoms with Crippen LogP contribution >= 0.6 is 11.3 Å². The first-order valence-corrected chi connectivity index (χ1v) is 10.3. The highest BCUT2D eigenvalue weighted by Crippen LogP contribution is 2.50. The molecule has 4 heterocycles. The third-order valence-electron chi connectivity index (χ3n) is 6.05. The Kier molecular flexibility index (Phi) is 3.93. The highest BCUT2D eigenvalue weighted by Gasteiger charge is 2.65. The zero-order chi connectivity index (χ0) is 19.5. The van der Waals surface area contributed by atoms with E-state index in [2.05, 4.69) is 0 Å². The number of carbonyl (C=O) groups excluding carboxylic acids is 3. The molecule has 0 aliphatic carbocycles. The van der Waals surface area contributed by atoms with Crippen LogP contribution in [0.25, 0.3) is 0 Å². The van der Waals surface area contributed by atoms with E-state index >= 15 is 0 Å². The van der Waals surface area contributed by atoms with E-state index in [0.717, 1.165) is 5.56 Å². The summed E-state index contributed by atoms with van der Waals surface area (Å²) in [7, 11) is 0. The van der Waals surface area contributed by atoms with Crippen molar-refractivity contribution in [1.29, 1.82) is 0 Å². The minimum atomic E-state index is -0.729. The van der Waals surface area contributed by atoms with Crippen molar-refractivity contribution >= 4 is 28.9 Å². The first-order valence-electron chi connectivity index (χ1n) is 9.43. The lowest BCUT2D eigenvalue weighted by Gasteiger charge is -2.31. The molecule has 0 N–H and O–H groups in total. The number of amides is 2. The Morgan fingerprint density at radius 3 is 2.75 bits per heavy atom. The summed E-state index contributed by atoms with van der Waals surface area (Å²) in [5, 5.41) is 1.72. The van der Waals surface area contributed by atoms with Crippen LogP contribution in [-0.4, -0.2) is 52.3 Å². The monoisotopic (exact) mass is 396 g/mol. The van der Waals surface area contributed by atoms with Gasteiger partial charge in [0.1, 0.15) is 6.10 Å². The fourth-order valence-electron chi connectivity index (χ4n) is 4.71. The van der Waals surface area contributed by atoms with E-state index in [4.69, 9.17) is 4.74 Å². The smallest absolute Gasteiger partial charge is 0.255 e. The third-order valence-corrected chi connectivity index (χ3v) is 7.09. The predicted octanol–water partition coefficient (Wildman–Crippen LogP) is 2.87. The SMILES string of the molecule is CC(=O)c1cc(C(=O)N2CC[C@@]34O[C@H](c5ccccc5)CN3C(=O)C[C@@H]24)cs1. The summed E-state index contributed by atoms with van der Waals surface area (Å²) in [6.07, 6.45) is 0.729. The molecule has 3 fully saturated rings. The fraction of sp³-hybridized carbons (Fsp3) is 0.381. The van der Waals surface area contributed by atoms with Gasteiger partial charge in [-0.3, -0.25) is 14.4 Å². The Hall–Kier alpha value is -2.51. The van der Waals surface area contributed by atoms with Crippen molar-refractivity contribution < 1.29 is 19.1 Å². The van der Waals surface area contributed by atoms with E-state index in [1.54, 1.807) is 16.3 Å². The Morgan fingerprint density at radius 1 is 1.25 bits per heavy atom. The van der Waals surface area contributed by atoms with Crippen molar-refractivity contribution in [3.8, 4) is 0 Å². The summed E-state index contributed by atoms with van der Waals surface area (Å²) in [6, 6.07) is 11.3. The van der Waals surface area contributed by atoms with E-state index in [-0.39, 0.29) is 36.2 Å². The Bertz CT molecular complexity index is 972. The van der Waals surface area contributed by atoms with Crippen LogP contribution in [0.15, 0.2) is 41.8 Å². The number of rotatable bonds is 3. The van der Waals surface area contributed by atoms with Crippen molar-refractivity contribution in [2.75, 3.05) is 13.1 Å². The van der Waals surface area contributed by atoms with Gasteiger partial charge in [-0.2, -0.15) is 0 Å². The average molecular weight is 396 g/mol. The number of hydrogen-bond acceptors (Lipinski definition) is 5.